The summed E-state index contributed by atoms with van der Waals surface area (Å²) in [5.74, 6) is 0.719. The average molecular weight is 340 g/mol. The molecule has 19 heavy (non-hydrogen) atoms. The topological polar surface area (TPSA) is 51.2 Å². The second-order valence-corrected chi connectivity index (χ2v) is 5.39. The van der Waals surface area contributed by atoms with E-state index in [1.54, 1.807) is 36.5 Å². The maximum atomic E-state index is 12.0. The Labute approximate surface area is 122 Å². The molecule has 0 fully saturated rings. The predicted molar refractivity (Wildman–Crippen MR) is 75.4 cm³/mol. The van der Waals surface area contributed by atoms with Crippen LogP contribution in [-0.4, -0.2) is 10.9 Å². The van der Waals surface area contributed by atoms with E-state index >= 15 is 0 Å². The van der Waals surface area contributed by atoms with Gasteiger partial charge in [0.15, 0.2) is 11.6 Å². The number of carbonyl (C=O) groups excluding carboxylic acids is 1. The van der Waals surface area contributed by atoms with Gasteiger partial charge in [0.1, 0.15) is 0 Å². The summed E-state index contributed by atoms with van der Waals surface area (Å²) >= 11 is 9.15. The third kappa shape index (κ3) is 2.43. The second-order valence-electron chi connectivity index (χ2n) is 4.04. The molecule has 1 unspecified atom stereocenters. The van der Waals surface area contributed by atoms with Crippen molar-refractivity contribution in [3.05, 3.63) is 51.6 Å². The predicted octanol–water partition coefficient (Wildman–Crippen LogP) is 3.57. The number of amides is 1. The van der Waals surface area contributed by atoms with Crippen LogP contribution in [0.15, 0.2) is 41.0 Å². The molecule has 0 aliphatic carbocycles. The normalized spacial score (nSPS) is 17.4. The van der Waals surface area contributed by atoms with Crippen molar-refractivity contribution in [3.63, 3.8) is 0 Å². The third-order valence-corrected chi connectivity index (χ3v) is 3.40. The quantitative estimate of drug-likeness (QED) is 0.864. The Morgan fingerprint density at radius 2 is 2.05 bits per heavy atom. The standard InChI is InChI=1S/C13H8BrClN2O2/c14-8-5-10-12(16-6-8)17-13(18)11(19-10)7-1-3-9(15)4-2-7/h1-6,11H,(H,16,17,18). The summed E-state index contributed by atoms with van der Waals surface area (Å²) in [5.41, 5.74) is 0.743. The zero-order valence-corrected chi connectivity index (χ0v) is 11.9. The molecule has 1 atom stereocenters. The van der Waals surface area contributed by atoms with Gasteiger partial charge >= 0.3 is 0 Å². The number of hydrogen-bond donors (Lipinski definition) is 1. The van der Waals surface area contributed by atoms with Crippen LogP contribution < -0.4 is 10.1 Å². The lowest BCUT2D eigenvalue weighted by Crippen LogP contribution is -2.30. The highest BCUT2D eigenvalue weighted by Gasteiger charge is 2.29. The molecule has 2 aromatic rings. The minimum atomic E-state index is -0.694. The van der Waals surface area contributed by atoms with E-state index in [4.69, 9.17) is 16.3 Å². The number of fused-ring (bicyclic) bond motifs is 1. The molecule has 6 heteroatoms. The van der Waals surface area contributed by atoms with Crippen LogP contribution in [0.1, 0.15) is 11.7 Å². The summed E-state index contributed by atoms with van der Waals surface area (Å²) in [6, 6.07) is 8.75. The van der Waals surface area contributed by atoms with Gasteiger partial charge in [-0.05, 0) is 34.1 Å². The van der Waals surface area contributed by atoms with Gasteiger partial charge in [-0.15, -0.1) is 0 Å². The first-order valence-corrected chi connectivity index (χ1v) is 6.69. The van der Waals surface area contributed by atoms with E-state index < -0.39 is 6.10 Å². The summed E-state index contributed by atoms with van der Waals surface area (Å²) in [5, 5.41) is 3.34. The number of hydrogen-bond acceptors (Lipinski definition) is 3. The van der Waals surface area contributed by atoms with Gasteiger partial charge in [-0.2, -0.15) is 0 Å². The highest BCUT2D eigenvalue weighted by molar-refractivity contribution is 9.10. The third-order valence-electron chi connectivity index (χ3n) is 2.72. The second kappa shape index (κ2) is 4.83. The number of aromatic nitrogens is 1. The molecule has 1 aromatic heterocycles. The molecule has 4 nitrogen and oxygen atoms in total. The first-order chi connectivity index (χ1) is 9.13. The summed E-state index contributed by atoms with van der Waals surface area (Å²) in [7, 11) is 0. The molecule has 0 spiro atoms. The van der Waals surface area contributed by atoms with E-state index in [2.05, 4.69) is 26.2 Å². The van der Waals surface area contributed by atoms with Gasteiger partial charge in [-0.1, -0.05) is 23.7 Å². The minimum absolute atomic E-state index is 0.246. The molecule has 1 aromatic carbocycles. The van der Waals surface area contributed by atoms with E-state index in [9.17, 15) is 4.79 Å². The number of ether oxygens (including phenoxy) is 1. The van der Waals surface area contributed by atoms with Gasteiger partial charge in [0.2, 0.25) is 6.10 Å². The molecule has 0 radical (unpaired) electrons. The minimum Gasteiger partial charge on any atom is -0.472 e. The van der Waals surface area contributed by atoms with E-state index in [1.807, 2.05) is 0 Å². The van der Waals surface area contributed by atoms with Crippen LogP contribution in [-0.2, 0) is 4.79 Å². The lowest BCUT2D eigenvalue weighted by atomic mass is 10.1. The molecule has 96 valence electrons. The molecular weight excluding hydrogens is 332 g/mol. The van der Waals surface area contributed by atoms with Crippen molar-refractivity contribution in [2.24, 2.45) is 0 Å². The zero-order chi connectivity index (χ0) is 13.4. The van der Waals surface area contributed by atoms with Crippen molar-refractivity contribution < 1.29 is 9.53 Å². The van der Waals surface area contributed by atoms with E-state index in [-0.39, 0.29) is 5.91 Å². The highest BCUT2D eigenvalue weighted by atomic mass is 79.9. The Kier molecular flexibility index (Phi) is 3.16. The van der Waals surface area contributed by atoms with Gasteiger partial charge < -0.3 is 10.1 Å². The molecule has 1 amide bonds. The summed E-state index contributed by atoms with van der Waals surface area (Å²) < 4.78 is 6.49. The number of nitrogens with zero attached hydrogens (tertiary/aromatic N) is 1. The molecule has 1 aliphatic rings. The van der Waals surface area contributed by atoms with E-state index in [1.165, 1.54) is 0 Å². The fourth-order valence-electron chi connectivity index (χ4n) is 1.82. The molecule has 2 heterocycles. The van der Waals surface area contributed by atoms with E-state index in [0.29, 0.717) is 16.6 Å². The summed E-state index contributed by atoms with van der Waals surface area (Å²) in [6.07, 6.45) is 0.909. The molecule has 0 saturated carbocycles. The maximum Gasteiger partial charge on any atom is 0.271 e. The SMILES string of the molecule is O=C1Nc2ncc(Br)cc2OC1c1ccc(Cl)cc1. The Bertz CT molecular complexity index is 646. The number of halogens is 2. The van der Waals surface area contributed by atoms with Crippen molar-refractivity contribution in [3.8, 4) is 5.75 Å². The van der Waals surface area contributed by atoms with Gasteiger partial charge in [-0.3, -0.25) is 4.79 Å². The number of pyridine rings is 1. The van der Waals surface area contributed by atoms with Gasteiger partial charge in [0, 0.05) is 21.3 Å². The molecule has 1 aliphatic heterocycles. The molecule has 1 N–H and O–H groups in total. The van der Waals surface area contributed by atoms with E-state index in [0.717, 1.165) is 10.0 Å². The highest BCUT2D eigenvalue weighted by Crippen LogP contribution is 2.35. The van der Waals surface area contributed by atoms with Crippen LogP contribution in [0.2, 0.25) is 5.02 Å². The van der Waals surface area contributed by atoms with Gasteiger partial charge in [-0.25, -0.2) is 4.98 Å². The number of nitrogens with one attached hydrogen (secondary N) is 1. The van der Waals surface area contributed by atoms with Crippen molar-refractivity contribution in [2.45, 2.75) is 6.10 Å². The van der Waals surface area contributed by atoms with Crippen molar-refractivity contribution in [1.82, 2.24) is 4.98 Å². The lowest BCUT2D eigenvalue weighted by Gasteiger charge is -2.25. The monoisotopic (exact) mass is 338 g/mol. The lowest BCUT2D eigenvalue weighted by molar-refractivity contribution is -0.123. The Hall–Kier alpha value is -1.59. The largest absolute Gasteiger partial charge is 0.472 e. The van der Waals surface area contributed by atoms with Crippen LogP contribution in [0.25, 0.3) is 0 Å². The number of anilines is 1. The first-order valence-electron chi connectivity index (χ1n) is 5.52. The number of carbonyl (C=O) groups is 1. The van der Waals surface area contributed by atoms with Gasteiger partial charge in [0.05, 0.1) is 0 Å². The van der Waals surface area contributed by atoms with Crippen molar-refractivity contribution in [1.29, 1.82) is 0 Å². The first kappa shape index (κ1) is 12.4. The zero-order valence-electron chi connectivity index (χ0n) is 9.56. The van der Waals surface area contributed by atoms with Crippen LogP contribution in [0.4, 0.5) is 5.82 Å². The van der Waals surface area contributed by atoms with Gasteiger partial charge in [0.25, 0.3) is 5.91 Å². The molecule has 3 rings (SSSR count). The summed E-state index contributed by atoms with van der Waals surface area (Å²) in [6.45, 7) is 0. The molecular formula is C13H8BrClN2O2. The maximum absolute atomic E-state index is 12.0. The molecule has 0 saturated heterocycles. The number of rotatable bonds is 1. The van der Waals surface area contributed by atoms with Crippen molar-refractivity contribution >= 4 is 39.3 Å². The fourth-order valence-corrected chi connectivity index (χ4v) is 2.26. The van der Waals surface area contributed by atoms with Crippen LogP contribution >= 0.6 is 27.5 Å². The smallest absolute Gasteiger partial charge is 0.271 e. The van der Waals surface area contributed by atoms with Crippen LogP contribution in [0, 0.1) is 0 Å². The fraction of sp³-hybridized carbons (Fsp3) is 0.0769. The Morgan fingerprint density at radius 3 is 2.79 bits per heavy atom. The summed E-state index contributed by atoms with van der Waals surface area (Å²) in [4.78, 5) is 16.1. The average Bonchev–Trinajstić information content (AvgIpc) is 2.40. The van der Waals surface area contributed by atoms with Crippen LogP contribution in [0.5, 0.6) is 5.75 Å². The van der Waals surface area contributed by atoms with Crippen molar-refractivity contribution in [2.75, 3.05) is 5.32 Å². The Morgan fingerprint density at radius 1 is 1.32 bits per heavy atom. The molecule has 0 bridgehead atoms. The Balaban J connectivity index is 1.96. The van der Waals surface area contributed by atoms with Crippen LogP contribution in [0.3, 0.4) is 0 Å². The number of benzene rings is 1.